The first kappa shape index (κ1) is 23.0. The van der Waals surface area contributed by atoms with Crippen LogP contribution in [0.5, 0.6) is 0 Å². The van der Waals surface area contributed by atoms with Gasteiger partial charge in [0.25, 0.3) is 17.5 Å². The van der Waals surface area contributed by atoms with Crippen LogP contribution < -0.4 is 5.32 Å². The molecule has 0 saturated carbocycles. The molecule has 0 atom stereocenters. The molecule has 0 radical (unpaired) electrons. The van der Waals surface area contributed by atoms with Crippen molar-refractivity contribution in [2.45, 2.75) is 31.3 Å². The summed E-state index contributed by atoms with van der Waals surface area (Å²) >= 11 is 0. The van der Waals surface area contributed by atoms with Crippen molar-refractivity contribution < 1.29 is 22.9 Å². The Morgan fingerprint density at radius 3 is 2.20 bits per heavy atom. The van der Waals surface area contributed by atoms with E-state index in [0.717, 1.165) is 24.5 Å². The predicted octanol–water partition coefficient (Wildman–Crippen LogP) is 2.41. The van der Waals surface area contributed by atoms with E-state index in [1.807, 2.05) is 13.8 Å². The number of nitrogens with one attached hydrogen (secondary N) is 1. The van der Waals surface area contributed by atoms with Gasteiger partial charge in [-0.2, -0.15) is 0 Å². The zero-order chi connectivity index (χ0) is 22.6. The molecule has 0 aliphatic heterocycles. The Morgan fingerprint density at radius 1 is 1.10 bits per heavy atom. The third kappa shape index (κ3) is 5.63. The molecule has 0 fully saturated rings. The van der Waals surface area contributed by atoms with Crippen LogP contribution in [0.15, 0.2) is 47.4 Å². The fourth-order valence-corrected chi connectivity index (χ4v) is 3.20. The van der Waals surface area contributed by atoms with Gasteiger partial charge in [0.2, 0.25) is 0 Å². The second-order valence-electron chi connectivity index (χ2n) is 7.13. The number of nitro groups is 1. The number of nitro benzene ring substituents is 1. The fourth-order valence-electron chi connectivity index (χ4n) is 2.52. The molecule has 2 amide bonds. The normalized spacial score (nSPS) is 11.2. The molecule has 10 heteroatoms. The van der Waals surface area contributed by atoms with Crippen LogP contribution in [0.1, 0.15) is 40.1 Å². The molecule has 2 aromatic carbocycles. The summed E-state index contributed by atoms with van der Waals surface area (Å²) in [5.41, 5.74) is 0.605. The lowest BCUT2D eigenvalue weighted by molar-refractivity contribution is -0.385. The largest absolute Gasteiger partial charge is 0.348 e. The van der Waals surface area contributed by atoms with E-state index in [1.165, 1.54) is 0 Å². The van der Waals surface area contributed by atoms with E-state index < -0.39 is 26.4 Å². The SMILES string of the molecule is CC(C)N(C)C(=O)c1ccc(CNC(=O)c2cc([N+](=O)[O-])cc(S(C)(=O)=O)c2)cc1. The molecular formula is C20H23N3O6S. The molecule has 0 unspecified atom stereocenters. The van der Waals surface area contributed by atoms with E-state index in [-0.39, 0.29) is 29.0 Å². The molecule has 0 aliphatic rings. The van der Waals surface area contributed by atoms with Crippen LogP contribution in [0.4, 0.5) is 5.69 Å². The van der Waals surface area contributed by atoms with Crippen LogP contribution in [-0.2, 0) is 16.4 Å². The minimum Gasteiger partial charge on any atom is -0.348 e. The van der Waals surface area contributed by atoms with E-state index in [2.05, 4.69) is 5.32 Å². The average Bonchev–Trinajstić information content (AvgIpc) is 2.70. The maximum atomic E-state index is 12.4. The number of sulfone groups is 1. The standard InChI is InChI=1S/C20H23N3O6S/c1-13(2)22(3)20(25)15-7-5-14(6-8-15)12-21-19(24)16-9-17(23(26)27)11-18(10-16)30(4,28)29/h5-11,13H,12H2,1-4H3,(H,21,24). The first-order valence-corrected chi connectivity index (χ1v) is 10.9. The lowest BCUT2D eigenvalue weighted by Gasteiger charge is -2.21. The number of amides is 2. The number of nitrogens with zero attached hydrogens (tertiary/aromatic N) is 2. The lowest BCUT2D eigenvalue weighted by atomic mass is 10.1. The first-order valence-electron chi connectivity index (χ1n) is 9.04. The second-order valence-corrected chi connectivity index (χ2v) is 9.15. The molecule has 1 N–H and O–H groups in total. The predicted molar refractivity (Wildman–Crippen MR) is 111 cm³/mol. The molecular weight excluding hydrogens is 410 g/mol. The Balaban J connectivity index is 2.15. The molecule has 0 heterocycles. The molecule has 0 saturated heterocycles. The van der Waals surface area contributed by atoms with Crippen molar-refractivity contribution >= 4 is 27.3 Å². The van der Waals surface area contributed by atoms with E-state index in [9.17, 15) is 28.1 Å². The van der Waals surface area contributed by atoms with E-state index in [0.29, 0.717) is 11.1 Å². The molecule has 2 rings (SSSR count). The van der Waals surface area contributed by atoms with Crippen molar-refractivity contribution in [3.05, 3.63) is 69.3 Å². The molecule has 2 aromatic rings. The Labute approximate surface area is 174 Å². The number of hydrogen-bond acceptors (Lipinski definition) is 6. The first-order chi connectivity index (χ1) is 13.9. The fraction of sp³-hybridized carbons (Fsp3) is 0.300. The second kappa shape index (κ2) is 9.04. The van der Waals surface area contributed by atoms with Gasteiger partial charge in [-0.1, -0.05) is 12.1 Å². The van der Waals surface area contributed by atoms with Crippen molar-refractivity contribution in [2.24, 2.45) is 0 Å². The Bertz CT molecular complexity index is 1080. The highest BCUT2D eigenvalue weighted by molar-refractivity contribution is 7.90. The summed E-state index contributed by atoms with van der Waals surface area (Å²) in [5, 5.41) is 13.7. The Hall–Kier alpha value is -3.27. The maximum absolute atomic E-state index is 12.4. The van der Waals surface area contributed by atoms with Gasteiger partial charge in [0.1, 0.15) is 0 Å². The van der Waals surface area contributed by atoms with Crippen LogP contribution >= 0.6 is 0 Å². The molecule has 0 aliphatic carbocycles. The van der Waals surface area contributed by atoms with Crippen molar-refractivity contribution in [3.8, 4) is 0 Å². The molecule has 0 bridgehead atoms. The third-order valence-electron chi connectivity index (χ3n) is 4.54. The molecule has 0 spiro atoms. The summed E-state index contributed by atoms with van der Waals surface area (Å²) in [6, 6.07) is 9.78. The summed E-state index contributed by atoms with van der Waals surface area (Å²) in [5.74, 6) is -0.770. The summed E-state index contributed by atoms with van der Waals surface area (Å²) in [7, 11) is -2.02. The maximum Gasteiger partial charge on any atom is 0.271 e. The van der Waals surface area contributed by atoms with E-state index in [1.54, 1.807) is 36.2 Å². The average molecular weight is 433 g/mol. The number of carbonyl (C=O) groups is 2. The molecule has 0 aromatic heterocycles. The van der Waals surface area contributed by atoms with Gasteiger partial charge in [0, 0.05) is 49.1 Å². The van der Waals surface area contributed by atoms with Gasteiger partial charge < -0.3 is 10.2 Å². The number of rotatable bonds is 7. The van der Waals surface area contributed by atoms with Crippen LogP contribution in [0.3, 0.4) is 0 Å². The topological polar surface area (TPSA) is 127 Å². The number of carbonyl (C=O) groups excluding carboxylic acids is 2. The van der Waals surface area contributed by atoms with Crippen LogP contribution in [-0.4, -0.2) is 49.4 Å². The quantitative estimate of drug-likeness (QED) is 0.528. The van der Waals surface area contributed by atoms with Gasteiger partial charge >= 0.3 is 0 Å². The molecule has 30 heavy (non-hydrogen) atoms. The zero-order valence-corrected chi connectivity index (χ0v) is 17.9. The van der Waals surface area contributed by atoms with Crippen molar-refractivity contribution in [3.63, 3.8) is 0 Å². The Morgan fingerprint density at radius 2 is 1.70 bits per heavy atom. The van der Waals surface area contributed by atoms with Gasteiger partial charge in [0.05, 0.1) is 9.82 Å². The van der Waals surface area contributed by atoms with Crippen molar-refractivity contribution in [1.29, 1.82) is 0 Å². The van der Waals surface area contributed by atoms with Crippen LogP contribution in [0.25, 0.3) is 0 Å². The summed E-state index contributed by atoms with van der Waals surface area (Å²) in [6.07, 6.45) is 0.910. The van der Waals surface area contributed by atoms with Crippen molar-refractivity contribution in [2.75, 3.05) is 13.3 Å². The smallest absolute Gasteiger partial charge is 0.271 e. The van der Waals surface area contributed by atoms with Crippen molar-refractivity contribution in [1.82, 2.24) is 10.2 Å². The van der Waals surface area contributed by atoms with Gasteiger partial charge in [-0.25, -0.2) is 8.42 Å². The van der Waals surface area contributed by atoms with Crippen LogP contribution in [0, 0.1) is 10.1 Å². The minimum absolute atomic E-state index is 0.0585. The minimum atomic E-state index is -3.73. The molecule has 160 valence electrons. The lowest BCUT2D eigenvalue weighted by Crippen LogP contribution is -2.32. The third-order valence-corrected chi connectivity index (χ3v) is 5.63. The van der Waals surface area contributed by atoms with E-state index >= 15 is 0 Å². The van der Waals surface area contributed by atoms with Gasteiger partial charge in [-0.3, -0.25) is 19.7 Å². The van der Waals surface area contributed by atoms with Crippen LogP contribution in [0.2, 0.25) is 0 Å². The highest BCUT2D eigenvalue weighted by Gasteiger charge is 2.19. The summed E-state index contributed by atoms with van der Waals surface area (Å²) in [6.45, 7) is 3.92. The highest BCUT2D eigenvalue weighted by atomic mass is 32.2. The molecule has 9 nitrogen and oxygen atoms in total. The Kier molecular flexibility index (Phi) is 6.93. The monoisotopic (exact) mass is 433 g/mol. The highest BCUT2D eigenvalue weighted by Crippen LogP contribution is 2.21. The number of hydrogen-bond donors (Lipinski definition) is 1. The van der Waals surface area contributed by atoms with Gasteiger partial charge in [-0.15, -0.1) is 0 Å². The summed E-state index contributed by atoms with van der Waals surface area (Å²) in [4.78, 5) is 36.3. The summed E-state index contributed by atoms with van der Waals surface area (Å²) < 4.78 is 23.5. The van der Waals surface area contributed by atoms with E-state index in [4.69, 9.17) is 0 Å². The number of benzene rings is 2. The zero-order valence-electron chi connectivity index (χ0n) is 17.1. The van der Waals surface area contributed by atoms with Gasteiger partial charge in [-0.05, 0) is 37.6 Å². The number of non-ortho nitro benzene ring substituents is 1. The van der Waals surface area contributed by atoms with Gasteiger partial charge in [0.15, 0.2) is 9.84 Å².